The third kappa shape index (κ3) is 6.63. The number of anilines is 2. The number of hydrogen-bond donors (Lipinski definition) is 3. The van der Waals surface area contributed by atoms with Crippen molar-refractivity contribution in [1.29, 1.82) is 0 Å². The van der Waals surface area contributed by atoms with Gasteiger partial charge in [0, 0.05) is 29.8 Å². The van der Waals surface area contributed by atoms with E-state index >= 15 is 0 Å². The van der Waals surface area contributed by atoms with E-state index in [-0.39, 0.29) is 0 Å². The van der Waals surface area contributed by atoms with Gasteiger partial charge in [-0.2, -0.15) is 5.10 Å². The Bertz CT molecular complexity index is 692. The van der Waals surface area contributed by atoms with Crippen molar-refractivity contribution < 1.29 is 14.3 Å². The molecule has 9 heteroatoms. The molecule has 2 aromatic rings. The first-order valence-corrected chi connectivity index (χ1v) is 9.06. The number of aryl methyl sites for hydroxylation is 1. The van der Waals surface area contributed by atoms with Crippen LogP contribution in [0.5, 0.6) is 0 Å². The fourth-order valence-electron chi connectivity index (χ4n) is 2.04. The molecule has 25 heavy (non-hydrogen) atoms. The standard InChI is InChI=1S/C16H23N5O3S/c1-11-7-15(21-20-11)19-14-9-13(25-3)8-12(18-14)10-24-6-4-5-17-16(22)23-2/h7-9H,4-6,10H2,1-3H3,(H,17,22)(H2,18,19,20,21). The summed E-state index contributed by atoms with van der Waals surface area (Å²) in [5, 5.41) is 12.8. The number of thioether (sulfide) groups is 1. The van der Waals surface area contributed by atoms with Gasteiger partial charge < -0.3 is 20.1 Å². The molecule has 2 aromatic heterocycles. The molecule has 0 aliphatic heterocycles. The van der Waals surface area contributed by atoms with Gasteiger partial charge in [0.15, 0.2) is 5.82 Å². The van der Waals surface area contributed by atoms with Crippen LogP contribution >= 0.6 is 11.8 Å². The molecule has 0 radical (unpaired) electrons. The van der Waals surface area contributed by atoms with Gasteiger partial charge in [-0.3, -0.25) is 5.10 Å². The van der Waals surface area contributed by atoms with Crippen molar-refractivity contribution in [3.05, 3.63) is 29.6 Å². The molecule has 0 saturated carbocycles. The fourth-order valence-corrected chi connectivity index (χ4v) is 2.53. The van der Waals surface area contributed by atoms with Crippen LogP contribution in [-0.4, -0.2) is 47.8 Å². The minimum atomic E-state index is -0.432. The Morgan fingerprint density at radius 3 is 2.84 bits per heavy atom. The summed E-state index contributed by atoms with van der Waals surface area (Å²) in [6, 6.07) is 5.88. The van der Waals surface area contributed by atoms with Gasteiger partial charge in [-0.1, -0.05) is 0 Å². The molecule has 0 spiro atoms. The molecule has 3 N–H and O–H groups in total. The third-order valence-corrected chi connectivity index (χ3v) is 3.93. The predicted molar refractivity (Wildman–Crippen MR) is 97.3 cm³/mol. The number of aromatic nitrogens is 3. The normalized spacial score (nSPS) is 10.5. The highest BCUT2D eigenvalue weighted by atomic mass is 32.2. The second-order valence-electron chi connectivity index (χ2n) is 5.27. The highest BCUT2D eigenvalue weighted by molar-refractivity contribution is 7.98. The summed E-state index contributed by atoms with van der Waals surface area (Å²) < 4.78 is 10.1. The lowest BCUT2D eigenvalue weighted by atomic mass is 10.3. The number of nitrogens with one attached hydrogen (secondary N) is 3. The van der Waals surface area contributed by atoms with Crippen molar-refractivity contribution in [3.8, 4) is 0 Å². The fraction of sp³-hybridized carbons (Fsp3) is 0.438. The van der Waals surface area contributed by atoms with Gasteiger partial charge in [0.25, 0.3) is 0 Å². The van der Waals surface area contributed by atoms with Crippen LogP contribution in [0, 0.1) is 6.92 Å². The number of H-pyrrole nitrogens is 1. The zero-order chi connectivity index (χ0) is 18.1. The highest BCUT2D eigenvalue weighted by Crippen LogP contribution is 2.22. The minimum absolute atomic E-state index is 0.404. The number of aromatic amines is 1. The average molecular weight is 365 g/mol. The van der Waals surface area contributed by atoms with Gasteiger partial charge in [-0.05, 0) is 31.7 Å². The number of carbonyl (C=O) groups excluding carboxylic acids is 1. The molecule has 2 heterocycles. The van der Waals surface area contributed by atoms with Crippen LogP contribution in [0.4, 0.5) is 16.4 Å². The molecule has 0 saturated heterocycles. The van der Waals surface area contributed by atoms with E-state index in [0.29, 0.717) is 26.2 Å². The number of methoxy groups -OCH3 is 1. The lowest BCUT2D eigenvalue weighted by molar-refractivity contribution is 0.114. The summed E-state index contributed by atoms with van der Waals surface area (Å²) in [5.41, 5.74) is 1.81. The summed E-state index contributed by atoms with van der Waals surface area (Å²) in [5.74, 6) is 1.45. The Labute approximate surface area is 151 Å². The van der Waals surface area contributed by atoms with Crippen molar-refractivity contribution in [2.45, 2.75) is 24.8 Å². The summed E-state index contributed by atoms with van der Waals surface area (Å²) in [7, 11) is 1.34. The van der Waals surface area contributed by atoms with Gasteiger partial charge >= 0.3 is 6.09 Å². The molecule has 0 atom stereocenters. The number of hydrogen-bond acceptors (Lipinski definition) is 7. The van der Waals surface area contributed by atoms with Crippen molar-refractivity contribution in [2.75, 3.05) is 31.8 Å². The third-order valence-electron chi connectivity index (χ3n) is 3.22. The molecule has 0 aromatic carbocycles. The second kappa shape index (κ2) is 9.90. The number of pyridine rings is 1. The van der Waals surface area contributed by atoms with Crippen LogP contribution in [0.1, 0.15) is 17.8 Å². The first-order valence-electron chi connectivity index (χ1n) is 7.84. The lowest BCUT2D eigenvalue weighted by Gasteiger charge is -2.09. The summed E-state index contributed by atoms with van der Waals surface area (Å²) in [4.78, 5) is 16.6. The maximum absolute atomic E-state index is 10.9. The lowest BCUT2D eigenvalue weighted by Crippen LogP contribution is -2.24. The van der Waals surface area contributed by atoms with Crippen LogP contribution in [0.25, 0.3) is 0 Å². The summed E-state index contributed by atoms with van der Waals surface area (Å²) in [6.07, 6.45) is 2.29. The Morgan fingerprint density at radius 2 is 2.16 bits per heavy atom. The molecule has 0 bridgehead atoms. The number of nitrogens with zero attached hydrogens (tertiary/aromatic N) is 2. The maximum atomic E-state index is 10.9. The summed E-state index contributed by atoms with van der Waals surface area (Å²) >= 11 is 1.64. The zero-order valence-corrected chi connectivity index (χ0v) is 15.4. The van der Waals surface area contributed by atoms with E-state index in [4.69, 9.17) is 4.74 Å². The van der Waals surface area contributed by atoms with Crippen molar-refractivity contribution in [1.82, 2.24) is 20.5 Å². The van der Waals surface area contributed by atoms with E-state index < -0.39 is 6.09 Å². The molecule has 2 rings (SSSR count). The number of ether oxygens (including phenoxy) is 2. The number of carbonyl (C=O) groups is 1. The van der Waals surface area contributed by atoms with Crippen LogP contribution in [-0.2, 0) is 16.1 Å². The van der Waals surface area contributed by atoms with Gasteiger partial charge in [0.05, 0.1) is 19.4 Å². The van der Waals surface area contributed by atoms with Crippen molar-refractivity contribution in [3.63, 3.8) is 0 Å². The molecular weight excluding hydrogens is 342 g/mol. The highest BCUT2D eigenvalue weighted by Gasteiger charge is 2.05. The smallest absolute Gasteiger partial charge is 0.406 e. The topological polar surface area (TPSA) is 101 Å². The first kappa shape index (κ1) is 19.1. The van der Waals surface area contributed by atoms with E-state index in [9.17, 15) is 4.79 Å². The molecule has 0 aliphatic carbocycles. The molecule has 0 fully saturated rings. The zero-order valence-electron chi connectivity index (χ0n) is 14.6. The van der Waals surface area contributed by atoms with Gasteiger partial charge in [0.1, 0.15) is 5.82 Å². The number of alkyl carbamates (subject to hydrolysis) is 1. The molecule has 8 nitrogen and oxygen atoms in total. The van der Waals surface area contributed by atoms with Crippen molar-refractivity contribution >= 4 is 29.5 Å². The Balaban J connectivity index is 1.85. The second-order valence-corrected chi connectivity index (χ2v) is 6.15. The Hall–Kier alpha value is -2.26. The van der Waals surface area contributed by atoms with Gasteiger partial charge in [-0.15, -0.1) is 11.8 Å². The maximum Gasteiger partial charge on any atom is 0.406 e. The van der Waals surface area contributed by atoms with Crippen LogP contribution in [0.2, 0.25) is 0 Å². The quantitative estimate of drug-likeness (QED) is 0.464. The van der Waals surface area contributed by atoms with Gasteiger partial charge in [-0.25, -0.2) is 9.78 Å². The average Bonchev–Trinajstić information content (AvgIpc) is 3.02. The molecular formula is C16H23N5O3S. The van der Waals surface area contributed by atoms with Crippen molar-refractivity contribution in [2.24, 2.45) is 0 Å². The SMILES string of the molecule is COC(=O)NCCCOCc1cc(SC)cc(Nc2cc(C)[nH]n2)n1. The van der Waals surface area contributed by atoms with E-state index in [1.165, 1.54) is 7.11 Å². The van der Waals surface area contributed by atoms with E-state index in [1.54, 1.807) is 11.8 Å². The number of amides is 1. The molecule has 136 valence electrons. The first-order chi connectivity index (χ1) is 12.1. The van der Waals surface area contributed by atoms with E-state index in [0.717, 1.165) is 27.9 Å². The van der Waals surface area contributed by atoms with Gasteiger partial charge in [0.2, 0.25) is 0 Å². The van der Waals surface area contributed by atoms with E-state index in [1.807, 2.05) is 31.4 Å². The Morgan fingerprint density at radius 1 is 1.32 bits per heavy atom. The predicted octanol–water partition coefficient (Wildman–Crippen LogP) is 2.84. The van der Waals surface area contributed by atoms with Crippen LogP contribution < -0.4 is 10.6 Å². The number of rotatable bonds is 9. The van der Waals surface area contributed by atoms with Crippen LogP contribution in [0.3, 0.4) is 0 Å². The minimum Gasteiger partial charge on any atom is -0.453 e. The molecule has 0 aliphatic rings. The van der Waals surface area contributed by atoms with Crippen LogP contribution in [0.15, 0.2) is 23.1 Å². The molecule has 0 unspecified atom stereocenters. The largest absolute Gasteiger partial charge is 0.453 e. The van der Waals surface area contributed by atoms with E-state index in [2.05, 4.69) is 30.6 Å². The summed E-state index contributed by atoms with van der Waals surface area (Å²) in [6.45, 7) is 3.38. The monoisotopic (exact) mass is 365 g/mol. The Kier molecular flexibility index (Phi) is 7.55. The molecule has 1 amide bonds.